The molecule has 32 nitrogen and oxygen atoms in total. The lowest BCUT2D eigenvalue weighted by Gasteiger charge is -2.10. The van der Waals surface area contributed by atoms with Crippen molar-refractivity contribution in [1.82, 2.24) is 0 Å². The number of nitrogens with zero attached hydrogens (tertiary/aromatic N) is 10. The van der Waals surface area contributed by atoms with Crippen LogP contribution in [0.3, 0.4) is 0 Å². The van der Waals surface area contributed by atoms with E-state index in [0.29, 0.717) is 12.5 Å². The molecule has 1 atom stereocenters. The summed E-state index contributed by atoms with van der Waals surface area (Å²) in [7, 11) is 0. The smallest absolute Gasteiger partial charge is 0.317 e. The molecule has 5 aromatic carbocycles. The van der Waals surface area contributed by atoms with E-state index in [-0.39, 0.29) is 39.0 Å². The zero-order chi connectivity index (χ0) is 53.2. The zero-order valence-electron chi connectivity index (χ0n) is 34.8. The highest BCUT2D eigenvalue weighted by atomic mass is 35.5. The fraction of sp³-hybridized carbons (Fsp3) is 0.139. The maximum atomic E-state index is 10.7. The van der Waals surface area contributed by atoms with Crippen molar-refractivity contribution in [3.63, 3.8) is 0 Å². The van der Waals surface area contributed by atoms with Crippen molar-refractivity contribution in [2.24, 2.45) is 0 Å². The number of non-ortho nitro benzene ring substituents is 4. The molecule has 0 saturated carbocycles. The number of hydrogen-bond acceptors (Lipinski definition) is 23. The summed E-state index contributed by atoms with van der Waals surface area (Å²) in [6.07, 6.45) is 0.617. The molecule has 1 unspecified atom stereocenters. The van der Waals surface area contributed by atoms with Gasteiger partial charge in [0.15, 0.2) is 23.0 Å². The Hall–Kier alpha value is -10.3. The van der Waals surface area contributed by atoms with Gasteiger partial charge in [-0.15, -0.1) is 0 Å². The normalized spacial score (nSPS) is 10.1. The molecule has 4 N–H and O–H groups in total. The summed E-state index contributed by atoms with van der Waals surface area (Å²) in [4.78, 5) is 86.2. The molecule has 0 bridgehead atoms. The van der Waals surface area contributed by atoms with Crippen molar-refractivity contribution in [3.8, 4) is 29.1 Å². The lowest BCUT2D eigenvalue weighted by molar-refractivity contribution is -0.395. The molecule has 5 rings (SSSR count). The van der Waals surface area contributed by atoms with Crippen molar-refractivity contribution in [1.29, 1.82) is 5.26 Å². The van der Waals surface area contributed by atoms with E-state index in [1.165, 1.54) is 19.1 Å². The number of nitriles is 1. The highest BCUT2D eigenvalue weighted by molar-refractivity contribution is 6.32. The van der Waals surface area contributed by atoms with Crippen molar-refractivity contribution < 1.29 is 64.7 Å². The van der Waals surface area contributed by atoms with E-state index < -0.39 is 107 Å². The maximum absolute atomic E-state index is 10.7. The minimum absolute atomic E-state index is 0.103. The Bertz CT molecular complexity index is 2840. The van der Waals surface area contributed by atoms with Gasteiger partial charge < -0.3 is 20.4 Å². The Morgan fingerprint density at radius 2 is 0.855 bits per heavy atom. The van der Waals surface area contributed by atoms with Gasteiger partial charge in [-0.1, -0.05) is 25.4 Å². The van der Waals surface area contributed by atoms with Crippen LogP contribution in [-0.4, -0.2) is 64.7 Å². The van der Waals surface area contributed by atoms with Gasteiger partial charge in [-0.3, -0.25) is 91.0 Å². The second-order valence-electron chi connectivity index (χ2n) is 12.8. The summed E-state index contributed by atoms with van der Waals surface area (Å²) in [6.45, 7) is 4.92. The number of rotatable bonds is 11. The number of nitro groups is 9. The minimum Gasteiger partial charge on any atom is -0.502 e. The molecule has 0 aliphatic rings. The summed E-state index contributed by atoms with van der Waals surface area (Å²) in [5.74, 6) is -2.24. The molecular formula is C36H29ClN10O22. The van der Waals surface area contributed by atoms with E-state index in [1.807, 2.05) is 6.92 Å². The highest BCUT2D eigenvalue weighted by Gasteiger charge is 2.26. The molecule has 0 aliphatic carbocycles. The van der Waals surface area contributed by atoms with Crippen molar-refractivity contribution in [2.75, 3.05) is 0 Å². The van der Waals surface area contributed by atoms with E-state index in [9.17, 15) is 101 Å². The first-order valence-corrected chi connectivity index (χ1v) is 18.2. The number of hydrogen-bond donors (Lipinski definition) is 4. The Balaban J connectivity index is 0.000000433. The van der Waals surface area contributed by atoms with E-state index in [0.717, 1.165) is 60.7 Å². The lowest BCUT2D eigenvalue weighted by atomic mass is 9.96. The van der Waals surface area contributed by atoms with Gasteiger partial charge in [-0.25, -0.2) is 0 Å². The average Bonchev–Trinajstić information content (AvgIpc) is 3.27. The third-order valence-electron chi connectivity index (χ3n) is 8.33. The van der Waals surface area contributed by atoms with Crippen LogP contribution in [0.5, 0.6) is 23.0 Å². The topological polar surface area (TPSA) is 493 Å². The summed E-state index contributed by atoms with van der Waals surface area (Å²) in [6, 6.07) is 14.6. The quantitative estimate of drug-likeness (QED) is 0.0709. The van der Waals surface area contributed by atoms with Crippen LogP contribution in [0, 0.1) is 109 Å². The van der Waals surface area contributed by atoms with Crippen molar-refractivity contribution in [2.45, 2.75) is 33.1 Å². The number of benzene rings is 5. The third kappa shape index (κ3) is 16.3. The molecular weight excluding hydrogens is 960 g/mol. The monoisotopic (exact) mass is 988 g/mol. The van der Waals surface area contributed by atoms with E-state index in [4.69, 9.17) is 27.1 Å². The third-order valence-corrected chi connectivity index (χ3v) is 8.65. The van der Waals surface area contributed by atoms with Crippen LogP contribution in [0.25, 0.3) is 0 Å². The SMILES string of the molecule is CCC(C)c1cc([N+](=O)[O-])cc([N+](=O)[O-])c1O.Cc1cc([N+](=O)[O-])cc([N+](=O)[O-])c1O.N#Cc1ccc(O)c([N+](=O)[O-])c1.O=[N+]([O-])c1ccc(Cl)c([N+](=O)[O-])c1.O=[N+]([O-])c1ccc(O)c([N+](=O)[O-])c1. The standard InChI is InChI=1S/C10H12N2O5.C7H6N2O5.C7H4N2O3.C6H3ClN2O4.C6H4N2O5/c1-3-6(2)8-4-7(11(14)15)5-9(10(8)13)12(16)17;1-4-2-5(8(11)12)3-6(7(4)10)9(13)14;8-4-5-1-2-7(10)6(3-5)9(11)12;7-5-2-1-4(8(10)11)3-6(5)9(12)13;9-6-2-1-4(7(10)11)3-5(6)8(12)13/h4-6,13H,3H2,1-2H3;2-3,10H,1H3;1-3,10H;1-3H;1-3,9H. The number of nitro benzene ring substituents is 9. The summed E-state index contributed by atoms with van der Waals surface area (Å²) < 4.78 is 0. The first kappa shape index (κ1) is 56.7. The van der Waals surface area contributed by atoms with Crippen LogP contribution in [0.1, 0.15) is 42.9 Å². The minimum atomic E-state index is -0.887. The number of aromatic hydroxyl groups is 4. The Morgan fingerprint density at radius 3 is 1.26 bits per heavy atom. The molecule has 0 fully saturated rings. The van der Waals surface area contributed by atoms with E-state index in [2.05, 4.69) is 0 Å². The van der Waals surface area contributed by atoms with E-state index >= 15 is 0 Å². The predicted molar refractivity (Wildman–Crippen MR) is 232 cm³/mol. The lowest BCUT2D eigenvalue weighted by Crippen LogP contribution is -1.99. The molecule has 362 valence electrons. The largest absolute Gasteiger partial charge is 0.502 e. The number of aryl methyl sites for hydroxylation is 1. The van der Waals surface area contributed by atoms with Crippen LogP contribution in [0.2, 0.25) is 5.02 Å². The summed E-state index contributed by atoms with van der Waals surface area (Å²) >= 11 is 5.43. The summed E-state index contributed by atoms with van der Waals surface area (Å²) in [5.41, 5.74) is -3.96. The average molecular weight is 989 g/mol. The van der Waals surface area contributed by atoms with Crippen molar-refractivity contribution >= 4 is 62.8 Å². The van der Waals surface area contributed by atoms with Gasteiger partial charge >= 0.3 is 22.7 Å². The van der Waals surface area contributed by atoms with Crippen molar-refractivity contribution in [3.05, 3.63) is 192 Å². The van der Waals surface area contributed by atoms with E-state index in [1.54, 1.807) is 13.0 Å². The molecule has 69 heavy (non-hydrogen) atoms. The Kier molecular flexibility index (Phi) is 20.7. The molecule has 0 saturated heterocycles. The number of halogens is 1. The Morgan fingerprint density at radius 1 is 0.493 bits per heavy atom. The maximum Gasteiger partial charge on any atom is 0.317 e. The number of phenols is 4. The van der Waals surface area contributed by atoms with Crippen LogP contribution in [0.4, 0.5) is 51.2 Å². The second kappa shape index (κ2) is 25.2. The molecule has 0 aliphatic heterocycles. The molecule has 5 aromatic rings. The first-order chi connectivity index (χ1) is 32.0. The van der Waals surface area contributed by atoms with Crippen LogP contribution in [0.15, 0.2) is 78.9 Å². The van der Waals surface area contributed by atoms with Gasteiger partial charge in [0, 0.05) is 41.5 Å². The molecule has 0 heterocycles. The van der Waals surface area contributed by atoms with Crippen LogP contribution >= 0.6 is 11.6 Å². The second-order valence-corrected chi connectivity index (χ2v) is 13.2. The molecule has 0 aromatic heterocycles. The van der Waals surface area contributed by atoms with Crippen LogP contribution < -0.4 is 0 Å². The Labute approximate surface area is 386 Å². The molecule has 0 spiro atoms. The molecule has 33 heteroatoms. The van der Waals surface area contributed by atoms with Gasteiger partial charge in [-0.2, -0.15) is 5.26 Å². The van der Waals surface area contributed by atoms with Gasteiger partial charge in [0.1, 0.15) is 5.02 Å². The fourth-order valence-electron chi connectivity index (χ4n) is 4.72. The fourth-order valence-corrected chi connectivity index (χ4v) is 4.90. The van der Waals surface area contributed by atoms with Gasteiger partial charge in [0.25, 0.3) is 28.4 Å². The van der Waals surface area contributed by atoms with Gasteiger partial charge in [-0.05, 0) is 43.5 Å². The van der Waals surface area contributed by atoms with Crippen LogP contribution in [-0.2, 0) is 0 Å². The first-order valence-electron chi connectivity index (χ1n) is 17.9. The summed E-state index contributed by atoms with van der Waals surface area (Å²) in [5, 5.41) is 138. The van der Waals surface area contributed by atoms with Gasteiger partial charge in [0.2, 0.25) is 0 Å². The number of phenolic OH excluding ortho intramolecular Hbond substituents is 4. The van der Waals surface area contributed by atoms with Gasteiger partial charge in [0.05, 0.1) is 80.2 Å². The highest BCUT2D eigenvalue weighted by Crippen LogP contribution is 2.39. The molecule has 0 radical (unpaired) electrons. The molecule has 0 amide bonds. The predicted octanol–water partition coefficient (Wildman–Crippen LogP) is 8.78. The zero-order valence-corrected chi connectivity index (χ0v) is 35.5.